The highest BCUT2D eigenvalue weighted by molar-refractivity contribution is 5.80. The van der Waals surface area contributed by atoms with Crippen LogP contribution in [0.4, 0.5) is 4.39 Å². The van der Waals surface area contributed by atoms with Crippen LogP contribution in [0.3, 0.4) is 0 Å². The Morgan fingerprint density at radius 1 is 1.14 bits per heavy atom. The topological polar surface area (TPSA) is 81.5 Å². The van der Waals surface area contributed by atoms with Crippen LogP contribution >= 0.6 is 0 Å². The molecule has 4 rings (SSSR count). The second-order valence-electron chi connectivity index (χ2n) is 7.04. The summed E-state index contributed by atoms with van der Waals surface area (Å²) in [5, 5.41) is 3.47. The minimum atomic E-state index is -0.361. The molecule has 0 spiro atoms. The molecule has 0 bridgehead atoms. The van der Waals surface area contributed by atoms with Crippen LogP contribution in [0.2, 0.25) is 0 Å². The molecule has 1 N–H and O–H groups in total. The summed E-state index contributed by atoms with van der Waals surface area (Å²) in [7, 11) is 1.61. The van der Waals surface area contributed by atoms with Gasteiger partial charge < -0.3 is 14.0 Å². The second-order valence-corrected chi connectivity index (χ2v) is 7.04. The molecule has 8 nitrogen and oxygen atoms in total. The first-order chi connectivity index (χ1) is 14.0. The lowest BCUT2D eigenvalue weighted by molar-refractivity contribution is 0.0359. The fourth-order valence-corrected chi connectivity index (χ4v) is 3.48. The summed E-state index contributed by atoms with van der Waals surface area (Å²) in [5.74, 6) is 0.0969. The zero-order chi connectivity index (χ0) is 20.4. The maximum atomic E-state index is 13.1. The zero-order valence-electron chi connectivity index (χ0n) is 16.2. The molecule has 1 aromatic carbocycles. The largest absolute Gasteiger partial charge is 0.487 e. The van der Waals surface area contributed by atoms with Gasteiger partial charge in [0.25, 0.3) is 11.1 Å². The molecule has 9 heteroatoms. The van der Waals surface area contributed by atoms with Gasteiger partial charge in [0, 0.05) is 32.7 Å². The monoisotopic (exact) mass is 402 g/mol. The smallest absolute Gasteiger partial charge is 0.276 e. The van der Waals surface area contributed by atoms with E-state index in [-0.39, 0.29) is 23.5 Å². The van der Waals surface area contributed by atoms with E-state index in [1.165, 1.54) is 39.6 Å². The van der Waals surface area contributed by atoms with Gasteiger partial charge in [0.15, 0.2) is 0 Å². The van der Waals surface area contributed by atoms with Crippen LogP contribution < -0.4 is 15.9 Å². The van der Waals surface area contributed by atoms with E-state index < -0.39 is 0 Å². The maximum Gasteiger partial charge on any atom is 0.276 e. The number of rotatable bonds is 6. The Kier molecular flexibility index (Phi) is 5.50. The summed E-state index contributed by atoms with van der Waals surface area (Å²) in [4.78, 5) is 27.6. The van der Waals surface area contributed by atoms with E-state index in [9.17, 15) is 14.0 Å². The molecule has 2 aromatic heterocycles. The fraction of sp³-hybridized carbons (Fsp3) is 0.400. The molecule has 0 unspecified atom stereocenters. The van der Waals surface area contributed by atoms with Gasteiger partial charge in [-0.3, -0.25) is 24.3 Å². The van der Waals surface area contributed by atoms with Gasteiger partial charge in [0.05, 0.1) is 36.4 Å². The number of halogens is 1. The van der Waals surface area contributed by atoms with Crippen LogP contribution in [-0.4, -0.2) is 52.1 Å². The number of fused-ring (bicyclic) bond motifs is 1. The minimum Gasteiger partial charge on any atom is -0.487 e. The Bertz CT molecular complexity index is 1110. The third-order valence-corrected chi connectivity index (χ3v) is 5.21. The molecular formula is C20H23FN4O4. The maximum absolute atomic E-state index is 13.1. The zero-order valence-corrected chi connectivity index (χ0v) is 16.2. The number of morpholine rings is 1. The molecule has 0 atom stereocenters. The average molecular weight is 402 g/mol. The predicted molar refractivity (Wildman–Crippen MR) is 106 cm³/mol. The summed E-state index contributed by atoms with van der Waals surface area (Å²) in [6, 6.07) is 7.02. The number of aromatic amines is 1. The lowest BCUT2D eigenvalue weighted by Gasteiger charge is -2.26. The number of nitrogens with zero attached hydrogens (tertiary/aromatic N) is 3. The fourth-order valence-electron chi connectivity index (χ4n) is 3.48. The number of pyridine rings is 1. The van der Waals surface area contributed by atoms with Gasteiger partial charge in [-0.05, 0) is 24.3 Å². The van der Waals surface area contributed by atoms with Crippen LogP contribution in [0.1, 0.15) is 5.69 Å². The number of H-pyrrole nitrogens is 1. The standard InChI is InChI=1S/C20H23FN4O4/c1-23-17(13-29-15-4-2-14(21)3-5-15)19-16(12-18(23)26)22-25(20(19)27)7-6-24-8-10-28-11-9-24/h2-5,12,22H,6-11,13H2,1H3. The molecule has 3 aromatic rings. The normalized spacial score (nSPS) is 15.1. The van der Waals surface area contributed by atoms with Crippen molar-refractivity contribution in [3.8, 4) is 5.75 Å². The van der Waals surface area contributed by atoms with Crippen molar-refractivity contribution in [3.63, 3.8) is 0 Å². The highest BCUT2D eigenvalue weighted by Gasteiger charge is 2.17. The number of ether oxygens (including phenoxy) is 2. The summed E-state index contributed by atoms with van der Waals surface area (Å²) >= 11 is 0. The van der Waals surface area contributed by atoms with Crippen LogP contribution in [-0.2, 0) is 24.9 Å². The van der Waals surface area contributed by atoms with Crippen molar-refractivity contribution in [2.24, 2.45) is 7.05 Å². The van der Waals surface area contributed by atoms with Gasteiger partial charge in [-0.2, -0.15) is 0 Å². The number of hydrogen-bond acceptors (Lipinski definition) is 5. The van der Waals surface area contributed by atoms with E-state index in [0.717, 1.165) is 13.1 Å². The van der Waals surface area contributed by atoms with E-state index in [4.69, 9.17) is 9.47 Å². The molecule has 0 amide bonds. The van der Waals surface area contributed by atoms with Crippen molar-refractivity contribution in [3.05, 3.63) is 62.6 Å². The third-order valence-electron chi connectivity index (χ3n) is 5.21. The second kappa shape index (κ2) is 8.22. The summed E-state index contributed by atoms with van der Waals surface area (Å²) in [5.41, 5.74) is 0.527. The first-order valence-electron chi connectivity index (χ1n) is 9.53. The lowest BCUT2D eigenvalue weighted by Crippen LogP contribution is -2.39. The highest BCUT2D eigenvalue weighted by atomic mass is 19.1. The van der Waals surface area contributed by atoms with Gasteiger partial charge >= 0.3 is 0 Å². The Hall–Kier alpha value is -2.91. The van der Waals surface area contributed by atoms with Crippen LogP contribution in [0, 0.1) is 5.82 Å². The predicted octanol–water partition coefficient (Wildman–Crippen LogP) is 1.08. The van der Waals surface area contributed by atoms with Crippen molar-refractivity contribution in [2.45, 2.75) is 13.2 Å². The Labute approximate surface area is 166 Å². The Balaban J connectivity index is 1.61. The summed E-state index contributed by atoms with van der Waals surface area (Å²) < 4.78 is 27.1. The molecule has 1 aliphatic heterocycles. The van der Waals surface area contributed by atoms with Crippen molar-refractivity contribution in [1.29, 1.82) is 0 Å². The lowest BCUT2D eigenvalue weighted by atomic mass is 10.2. The number of benzene rings is 1. The molecular weight excluding hydrogens is 379 g/mol. The third kappa shape index (κ3) is 4.10. The Morgan fingerprint density at radius 3 is 2.59 bits per heavy atom. The van der Waals surface area contributed by atoms with Gasteiger partial charge in [0.1, 0.15) is 18.2 Å². The van der Waals surface area contributed by atoms with Crippen LogP contribution in [0.15, 0.2) is 39.9 Å². The molecule has 1 aliphatic rings. The van der Waals surface area contributed by atoms with Crippen molar-refractivity contribution < 1.29 is 13.9 Å². The quantitative estimate of drug-likeness (QED) is 0.667. The molecule has 1 saturated heterocycles. The van der Waals surface area contributed by atoms with E-state index in [1.54, 1.807) is 7.05 Å². The first-order valence-corrected chi connectivity index (χ1v) is 9.53. The van der Waals surface area contributed by atoms with E-state index >= 15 is 0 Å². The number of hydrogen-bond donors (Lipinski definition) is 1. The van der Waals surface area contributed by atoms with Crippen LogP contribution in [0.25, 0.3) is 10.9 Å². The average Bonchev–Trinajstić information content (AvgIpc) is 3.04. The first kappa shape index (κ1) is 19.4. The summed E-state index contributed by atoms with van der Waals surface area (Å²) in [6.45, 7) is 4.29. The van der Waals surface area contributed by atoms with E-state index in [0.29, 0.717) is 48.6 Å². The number of aromatic nitrogens is 3. The molecule has 154 valence electrons. The van der Waals surface area contributed by atoms with Gasteiger partial charge in [-0.1, -0.05) is 0 Å². The van der Waals surface area contributed by atoms with Crippen molar-refractivity contribution in [2.75, 3.05) is 32.8 Å². The van der Waals surface area contributed by atoms with E-state index in [1.807, 2.05) is 0 Å². The molecule has 0 radical (unpaired) electrons. The molecule has 29 heavy (non-hydrogen) atoms. The molecule has 1 fully saturated rings. The van der Waals surface area contributed by atoms with Gasteiger partial charge in [-0.25, -0.2) is 4.39 Å². The highest BCUT2D eigenvalue weighted by Crippen LogP contribution is 2.16. The van der Waals surface area contributed by atoms with Gasteiger partial charge in [-0.15, -0.1) is 0 Å². The van der Waals surface area contributed by atoms with Gasteiger partial charge in [0.2, 0.25) is 0 Å². The minimum absolute atomic E-state index is 0.0191. The Morgan fingerprint density at radius 2 is 1.86 bits per heavy atom. The van der Waals surface area contributed by atoms with Crippen LogP contribution in [0.5, 0.6) is 5.75 Å². The van der Waals surface area contributed by atoms with Crippen molar-refractivity contribution in [1.82, 2.24) is 19.2 Å². The van der Waals surface area contributed by atoms with Crippen molar-refractivity contribution >= 4 is 10.9 Å². The number of nitrogens with one attached hydrogen (secondary N) is 1. The van der Waals surface area contributed by atoms with E-state index in [2.05, 4.69) is 10.00 Å². The molecule has 3 heterocycles. The molecule has 0 saturated carbocycles. The summed E-state index contributed by atoms with van der Waals surface area (Å²) in [6.07, 6.45) is 0. The SMILES string of the molecule is Cn1c(COc2ccc(F)cc2)c2c(=O)n(CCN3CCOCC3)[nH]c2cc1=O. The molecule has 0 aliphatic carbocycles.